The van der Waals surface area contributed by atoms with Crippen molar-refractivity contribution in [2.75, 3.05) is 18.4 Å². The molecule has 4 rings (SSSR count). The highest BCUT2D eigenvalue weighted by atomic mass is 16.1. The number of aryl methyl sites for hydroxylation is 1. The Bertz CT molecular complexity index is 907. The molecule has 134 valence electrons. The van der Waals surface area contributed by atoms with Crippen LogP contribution in [0.3, 0.4) is 0 Å². The first-order valence-corrected chi connectivity index (χ1v) is 9.24. The lowest BCUT2D eigenvalue weighted by molar-refractivity contribution is -0.116. The molecule has 3 aromatic rings. The number of benzene rings is 1. The largest absolute Gasteiger partial charge is 0.326 e. The smallest absolute Gasteiger partial charge is 0.224 e. The number of rotatable bonds is 5. The summed E-state index contributed by atoms with van der Waals surface area (Å²) in [7, 11) is 0. The molecule has 2 N–H and O–H groups in total. The third-order valence-corrected chi connectivity index (χ3v) is 5.08. The van der Waals surface area contributed by atoms with Gasteiger partial charge in [0.1, 0.15) is 5.65 Å². The molecule has 1 unspecified atom stereocenters. The lowest BCUT2D eigenvalue weighted by Gasteiger charge is -2.09. The molecule has 1 saturated heterocycles. The van der Waals surface area contributed by atoms with Crippen LogP contribution < -0.4 is 10.6 Å². The maximum atomic E-state index is 12.1. The summed E-state index contributed by atoms with van der Waals surface area (Å²) in [5.41, 5.74) is 4.94. The van der Waals surface area contributed by atoms with E-state index in [0.717, 1.165) is 47.7 Å². The van der Waals surface area contributed by atoms with Crippen molar-refractivity contribution in [2.45, 2.75) is 26.2 Å². The second-order valence-electron chi connectivity index (χ2n) is 7.07. The van der Waals surface area contributed by atoms with E-state index in [0.29, 0.717) is 12.3 Å². The Labute approximate surface area is 153 Å². The Kier molecular flexibility index (Phi) is 4.71. The number of hydrogen-bond acceptors (Lipinski definition) is 3. The number of nitrogens with one attached hydrogen (secondary N) is 2. The minimum atomic E-state index is 0.0907. The minimum absolute atomic E-state index is 0.0907. The Morgan fingerprint density at radius 1 is 1.31 bits per heavy atom. The summed E-state index contributed by atoms with van der Waals surface area (Å²) in [5, 5.41) is 6.34. The van der Waals surface area contributed by atoms with Gasteiger partial charge in [-0.05, 0) is 62.5 Å². The number of carbonyl (C=O) groups excluding carboxylic acids is 1. The molecule has 1 fully saturated rings. The predicted molar refractivity (Wildman–Crippen MR) is 104 cm³/mol. The molecule has 0 bridgehead atoms. The van der Waals surface area contributed by atoms with Crippen LogP contribution in [0.25, 0.3) is 16.9 Å². The molecule has 2 aromatic heterocycles. The zero-order valence-electron chi connectivity index (χ0n) is 15.0. The van der Waals surface area contributed by atoms with Crippen molar-refractivity contribution in [1.29, 1.82) is 0 Å². The van der Waals surface area contributed by atoms with Gasteiger partial charge in [0.05, 0.1) is 5.69 Å². The minimum Gasteiger partial charge on any atom is -0.326 e. The molecule has 1 atom stereocenters. The highest BCUT2D eigenvalue weighted by Crippen LogP contribution is 2.23. The number of nitrogens with zero attached hydrogens (tertiary/aromatic N) is 2. The molecule has 0 aliphatic carbocycles. The van der Waals surface area contributed by atoms with E-state index in [4.69, 9.17) is 4.98 Å². The number of anilines is 1. The van der Waals surface area contributed by atoms with Crippen LogP contribution in [0.2, 0.25) is 0 Å². The number of carbonyl (C=O) groups is 1. The molecule has 0 spiro atoms. The third-order valence-electron chi connectivity index (χ3n) is 5.08. The van der Waals surface area contributed by atoms with Gasteiger partial charge >= 0.3 is 0 Å². The van der Waals surface area contributed by atoms with Gasteiger partial charge in [-0.15, -0.1) is 0 Å². The molecule has 1 amide bonds. The van der Waals surface area contributed by atoms with Crippen molar-refractivity contribution in [1.82, 2.24) is 14.7 Å². The fraction of sp³-hybridized carbons (Fsp3) is 0.333. The Hall–Kier alpha value is -2.66. The van der Waals surface area contributed by atoms with Gasteiger partial charge in [0.25, 0.3) is 0 Å². The SMILES string of the molecule is Cc1cccn2cc(-c3ccc(NC(=O)CCC4CCNC4)cc3)nc12. The third kappa shape index (κ3) is 3.63. The summed E-state index contributed by atoms with van der Waals surface area (Å²) in [4.78, 5) is 16.8. The van der Waals surface area contributed by atoms with Crippen molar-refractivity contribution in [2.24, 2.45) is 5.92 Å². The maximum Gasteiger partial charge on any atom is 0.224 e. The second-order valence-corrected chi connectivity index (χ2v) is 7.07. The predicted octanol–water partition coefficient (Wildman–Crippen LogP) is 3.64. The van der Waals surface area contributed by atoms with Gasteiger partial charge in [-0.3, -0.25) is 4.79 Å². The quantitative estimate of drug-likeness (QED) is 0.740. The zero-order valence-corrected chi connectivity index (χ0v) is 15.0. The molecular formula is C21H24N4O. The second kappa shape index (κ2) is 7.30. The first-order chi connectivity index (χ1) is 12.7. The number of aromatic nitrogens is 2. The van der Waals surface area contributed by atoms with E-state index in [1.807, 2.05) is 47.1 Å². The number of hydrogen-bond donors (Lipinski definition) is 2. The van der Waals surface area contributed by atoms with Gasteiger partial charge in [0.15, 0.2) is 0 Å². The summed E-state index contributed by atoms with van der Waals surface area (Å²) in [6.45, 7) is 4.18. The molecule has 1 aliphatic heterocycles. The highest BCUT2D eigenvalue weighted by Gasteiger charge is 2.15. The number of amides is 1. The van der Waals surface area contributed by atoms with Crippen LogP contribution in [0.15, 0.2) is 48.8 Å². The van der Waals surface area contributed by atoms with Crippen molar-refractivity contribution in [3.63, 3.8) is 0 Å². The number of fused-ring (bicyclic) bond motifs is 1. The average Bonchev–Trinajstić information content (AvgIpc) is 3.31. The highest BCUT2D eigenvalue weighted by molar-refractivity contribution is 5.90. The van der Waals surface area contributed by atoms with Gasteiger partial charge in [-0.25, -0.2) is 4.98 Å². The van der Waals surface area contributed by atoms with Crippen LogP contribution in [0.4, 0.5) is 5.69 Å². The number of pyridine rings is 1. The summed E-state index contributed by atoms with van der Waals surface area (Å²) in [6, 6.07) is 12.0. The first-order valence-electron chi connectivity index (χ1n) is 9.24. The molecule has 0 radical (unpaired) electrons. The number of imidazole rings is 1. The molecular weight excluding hydrogens is 324 g/mol. The van der Waals surface area contributed by atoms with Gasteiger partial charge in [-0.2, -0.15) is 0 Å². The van der Waals surface area contributed by atoms with Crippen LogP contribution in [-0.4, -0.2) is 28.4 Å². The van der Waals surface area contributed by atoms with Crippen LogP contribution in [0, 0.1) is 12.8 Å². The summed E-state index contributed by atoms with van der Waals surface area (Å²) < 4.78 is 2.04. The van der Waals surface area contributed by atoms with E-state index in [-0.39, 0.29) is 5.91 Å². The standard InChI is InChI=1S/C21H24N4O/c1-15-3-2-12-25-14-19(24-21(15)25)17-5-7-18(8-6-17)23-20(26)9-4-16-10-11-22-13-16/h2-3,5-8,12,14,16,22H,4,9-11,13H2,1H3,(H,23,26). The molecule has 1 aliphatic rings. The summed E-state index contributed by atoms with van der Waals surface area (Å²) in [6.07, 6.45) is 6.76. The zero-order chi connectivity index (χ0) is 17.9. The normalized spacial score (nSPS) is 16.9. The maximum absolute atomic E-state index is 12.1. The first kappa shape index (κ1) is 16.8. The van der Waals surface area contributed by atoms with E-state index >= 15 is 0 Å². The van der Waals surface area contributed by atoms with E-state index < -0.39 is 0 Å². The molecule has 5 heteroatoms. The van der Waals surface area contributed by atoms with Crippen LogP contribution in [0.1, 0.15) is 24.8 Å². The van der Waals surface area contributed by atoms with Crippen LogP contribution in [0.5, 0.6) is 0 Å². The monoisotopic (exact) mass is 348 g/mol. The van der Waals surface area contributed by atoms with E-state index in [1.165, 1.54) is 6.42 Å². The van der Waals surface area contributed by atoms with Gasteiger partial charge in [0.2, 0.25) is 5.91 Å². The van der Waals surface area contributed by atoms with E-state index in [2.05, 4.69) is 23.6 Å². The van der Waals surface area contributed by atoms with Crippen molar-refractivity contribution < 1.29 is 4.79 Å². The Balaban J connectivity index is 1.41. The van der Waals surface area contributed by atoms with Crippen molar-refractivity contribution in [3.05, 3.63) is 54.4 Å². The summed E-state index contributed by atoms with van der Waals surface area (Å²) >= 11 is 0. The molecule has 0 saturated carbocycles. The van der Waals surface area contributed by atoms with E-state index in [1.54, 1.807) is 0 Å². The topological polar surface area (TPSA) is 58.4 Å². The van der Waals surface area contributed by atoms with Gasteiger partial charge < -0.3 is 15.0 Å². The van der Waals surface area contributed by atoms with Gasteiger partial charge in [0, 0.05) is 30.1 Å². The van der Waals surface area contributed by atoms with Crippen molar-refractivity contribution >= 4 is 17.2 Å². The summed E-state index contributed by atoms with van der Waals surface area (Å²) in [5.74, 6) is 0.731. The average molecular weight is 348 g/mol. The van der Waals surface area contributed by atoms with Crippen LogP contribution >= 0.6 is 0 Å². The fourth-order valence-corrected chi connectivity index (χ4v) is 3.54. The Morgan fingerprint density at radius 2 is 2.15 bits per heavy atom. The lowest BCUT2D eigenvalue weighted by Crippen LogP contribution is -2.14. The molecule has 5 nitrogen and oxygen atoms in total. The fourth-order valence-electron chi connectivity index (χ4n) is 3.54. The van der Waals surface area contributed by atoms with E-state index in [9.17, 15) is 4.79 Å². The van der Waals surface area contributed by atoms with Gasteiger partial charge in [-0.1, -0.05) is 18.2 Å². The molecule has 1 aromatic carbocycles. The van der Waals surface area contributed by atoms with Crippen molar-refractivity contribution in [3.8, 4) is 11.3 Å². The Morgan fingerprint density at radius 3 is 2.88 bits per heavy atom. The molecule has 3 heterocycles. The molecule has 26 heavy (non-hydrogen) atoms. The van der Waals surface area contributed by atoms with Crippen LogP contribution in [-0.2, 0) is 4.79 Å². The lowest BCUT2D eigenvalue weighted by atomic mass is 10.0.